The Balaban J connectivity index is 1.56. The van der Waals surface area contributed by atoms with Gasteiger partial charge in [-0.1, -0.05) is 6.07 Å². The van der Waals surface area contributed by atoms with Gasteiger partial charge in [-0.25, -0.2) is 9.36 Å². The average Bonchev–Trinajstić information content (AvgIpc) is 3.61. The third-order valence-corrected chi connectivity index (χ3v) is 8.63. The number of aromatic nitrogens is 4. The van der Waals surface area contributed by atoms with Crippen molar-refractivity contribution in [2.24, 2.45) is 7.05 Å². The number of nitrogens with zero attached hydrogens (tertiary/aromatic N) is 7. The molecule has 246 valence electrons. The lowest BCUT2D eigenvalue weighted by Crippen LogP contribution is -2.55. The van der Waals surface area contributed by atoms with Gasteiger partial charge in [0.2, 0.25) is 5.91 Å². The number of benzene rings is 2. The molecule has 3 heterocycles. The van der Waals surface area contributed by atoms with Crippen LogP contribution < -0.4 is 10.9 Å². The van der Waals surface area contributed by atoms with E-state index >= 15 is 0 Å². The third-order valence-electron chi connectivity index (χ3n) is 8.63. The van der Waals surface area contributed by atoms with Gasteiger partial charge in [-0.15, -0.1) is 0 Å². The van der Waals surface area contributed by atoms with Gasteiger partial charge in [0.15, 0.2) is 0 Å². The molecule has 1 aliphatic heterocycles. The van der Waals surface area contributed by atoms with Crippen molar-refractivity contribution >= 4 is 11.8 Å². The first kappa shape index (κ1) is 33.2. The van der Waals surface area contributed by atoms with Gasteiger partial charge in [0, 0.05) is 33.0 Å². The fourth-order valence-corrected chi connectivity index (χ4v) is 6.04. The minimum atomic E-state index is -4.67. The maximum atomic E-state index is 14.1. The molecule has 5 rings (SSSR count). The van der Waals surface area contributed by atoms with Gasteiger partial charge in [0.05, 0.1) is 67.6 Å². The molecule has 11 nitrogen and oxygen atoms in total. The van der Waals surface area contributed by atoms with Gasteiger partial charge < -0.3 is 14.7 Å². The van der Waals surface area contributed by atoms with Crippen LogP contribution in [0.25, 0.3) is 22.8 Å². The maximum Gasteiger partial charge on any atom is 0.416 e. The minimum Gasteiger partial charge on any atom is -0.340 e. The zero-order valence-corrected chi connectivity index (χ0v) is 26.7. The second-order valence-corrected chi connectivity index (χ2v) is 12.6. The lowest BCUT2D eigenvalue weighted by atomic mass is 10.0. The van der Waals surface area contributed by atoms with Crippen LogP contribution in [0.2, 0.25) is 0 Å². The summed E-state index contributed by atoms with van der Waals surface area (Å²) in [6, 6.07) is 13.7. The number of carbonyl (C=O) groups is 2. The van der Waals surface area contributed by atoms with Crippen LogP contribution >= 0.6 is 0 Å². The van der Waals surface area contributed by atoms with Gasteiger partial charge in [0.1, 0.15) is 17.3 Å². The summed E-state index contributed by atoms with van der Waals surface area (Å²) in [5.41, 5.74) is -1.06. The van der Waals surface area contributed by atoms with E-state index in [4.69, 9.17) is 0 Å². The first-order valence-electron chi connectivity index (χ1n) is 15.1. The molecule has 1 N–H and O–H groups in total. The molecule has 0 saturated carbocycles. The van der Waals surface area contributed by atoms with Crippen LogP contribution in [0.1, 0.15) is 41.3 Å². The van der Waals surface area contributed by atoms with Crippen molar-refractivity contribution in [1.82, 2.24) is 29.4 Å². The summed E-state index contributed by atoms with van der Waals surface area (Å²) >= 11 is 0. The van der Waals surface area contributed by atoms with Crippen molar-refractivity contribution in [3.8, 4) is 28.8 Å². The molecule has 1 aliphatic rings. The number of nitriles is 1. The SMILES string of the molecule is CC(NC(=O)c1c(-c2ccnn2-c2ccc(C#N)cc2)n(C)n(-c2cccc(C(F)(F)F)c2)c1=O)C(=O)N1CCC([N+](C)(C)C)CC1. The summed E-state index contributed by atoms with van der Waals surface area (Å²) < 4.78 is 45.4. The topological polar surface area (TPSA) is 118 Å². The van der Waals surface area contributed by atoms with E-state index in [0.29, 0.717) is 30.4 Å². The highest BCUT2D eigenvalue weighted by molar-refractivity contribution is 6.02. The summed E-state index contributed by atoms with van der Waals surface area (Å²) in [7, 11) is 7.79. The van der Waals surface area contributed by atoms with E-state index in [1.165, 1.54) is 34.7 Å². The maximum absolute atomic E-state index is 14.1. The lowest BCUT2D eigenvalue weighted by Gasteiger charge is -2.40. The number of piperidine rings is 1. The number of hydrogen-bond acceptors (Lipinski definition) is 5. The Hall–Kier alpha value is -5.16. The Bertz CT molecular complexity index is 1900. The summed E-state index contributed by atoms with van der Waals surface area (Å²) in [5.74, 6) is -1.16. The molecule has 1 fully saturated rings. The Morgan fingerprint density at radius 3 is 2.30 bits per heavy atom. The molecule has 1 unspecified atom stereocenters. The van der Waals surface area contributed by atoms with E-state index in [2.05, 4.69) is 31.6 Å². The summed E-state index contributed by atoms with van der Waals surface area (Å²) in [6.07, 6.45) is -1.61. The van der Waals surface area contributed by atoms with Crippen molar-refractivity contribution in [3.05, 3.63) is 87.8 Å². The van der Waals surface area contributed by atoms with E-state index in [9.17, 15) is 32.8 Å². The average molecular weight is 650 g/mol. The monoisotopic (exact) mass is 649 g/mol. The van der Waals surface area contributed by atoms with Crippen LogP contribution in [0, 0.1) is 11.3 Å². The standard InChI is InChI=1S/C33H35F3N8O3/c1-21(31(46)41-17-14-26(15-18-41)44(3,4)5)39-30(45)28-29(27-13-16-38-42(27)24-11-9-22(20-37)10-12-24)40(2)43(32(28)47)25-8-6-7-23(19-25)33(34,35)36/h6-13,16,19,21,26H,14-15,17-18H2,1-5H3/p+1. The lowest BCUT2D eigenvalue weighted by molar-refractivity contribution is -0.897. The van der Waals surface area contributed by atoms with E-state index in [1.807, 2.05) is 6.07 Å². The van der Waals surface area contributed by atoms with Crippen LogP contribution in [0.3, 0.4) is 0 Å². The predicted molar refractivity (Wildman–Crippen MR) is 168 cm³/mol. The highest BCUT2D eigenvalue weighted by Crippen LogP contribution is 2.31. The van der Waals surface area contributed by atoms with Crippen LogP contribution in [0.5, 0.6) is 0 Å². The third kappa shape index (κ3) is 6.57. The van der Waals surface area contributed by atoms with Crippen molar-refractivity contribution in [2.45, 2.75) is 38.0 Å². The second-order valence-electron chi connectivity index (χ2n) is 12.6. The number of likely N-dealkylation sites (tertiary alicyclic amines) is 1. The van der Waals surface area contributed by atoms with E-state index in [-0.39, 0.29) is 28.5 Å². The number of carbonyl (C=O) groups excluding carboxylic acids is 2. The van der Waals surface area contributed by atoms with Gasteiger partial charge in [0.25, 0.3) is 11.5 Å². The molecule has 0 aliphatic carbocycles. The summed E-state index contributed by atoms with van der Waals surface area (Å²) in [4.78, 5) is 43.1. The summed E-state index contributed by atoms with van der Waals surface area (Å²) in [5, 5.41) is 16.3. The zero-order valence-electron chi connectivity index (χ0n) is 26.7. The quantitative estimate of drug-likeness (QED) is 0.306. The highest BCUT2D eigenvalue weighted by Gasteiger charge is 2.35. The highest BCUT2D eigenvalue weighted by atomic mass is 19.4. The van der Waals surface area contributed by atoms with Gasteiger partial charge in [-0.05, 0) is 55.5 Å². The molecule has 2 aromatic heterocycles. The minimum absolute atomic E-state index is 0.0650. The Morgan fingerprint density at radius 2 is 1.70 bits per heavy atom. The fraction of sp³-hybridized carbons (Fsp3) is 0.364. The largest absolute Gasteiger partial charge is 0.416 e. The number of amides is 2. The van der Waals surface area contributed by atoms with E-state index < -0.39 is 29.2 Å². The molecule has 0 bridgehead atoms. The normalized spacial score (nSPS) is 14.9. The Morgan fingerprint density at radius 1 is 1.04 bits per heavy atom. The number of quaternary nitrogens is 1. The van der Waals surface area contributed by atoms with Crippen LogP contribution in [0.4, 0.5) is 13.2 Å². The molecular formula is C33H36F3N8O3+. The van der Waals surface area contributed by atoms with Crippen molar-refractivity contribution in [2.75, 3.05) is 34.2 Å². The van der Waals surface area contributed by atoms with Gasteiger partial charge >= 0.3 is 6.18 Å². The molecule has 2 amide bonds. The van der Waals surface area contributed by atoms with Gasteiger partial charge in [-0.2, -0.15) is 23.5 Å². The number of hydrogen-bond donors (Lipinski definition) is 1. The molecule has 47 heavy (non-hydrogen) atoms. The number of alkyl halides is 3. The van der Waals surface area contributed by atoms with Crippen molar-refractivity contribution in [3.63, 3.8) is 0 Å². The molecule has 14 heteroatoms. The molecule has 2 aromatic carbocycles. The Labute approximate surface area is 269 Å². The molecular weight excluding hydrogens is 613 g/mol. The number of rotatable bonds is 7. The summed E-state index contributed by atoms with van der Waals surface area (Å²) in [6.45, 7) is 2.60. The molecule has 0 spiro atoms. The number of nitrogens with one attached hydrogen (secondary N) is 1. The number of halogens is 3. The zero-order chi connectivity index (χ0) is 34.3. The predicted octanol–water partition coefficient (Wildman–Crippen LogP) is 3.73. The first-order valence-corrected chi connectivity index (χ1v) is 15.1. The van der Waals surface area contributed by atoms with Crippen LogP contribution in [-0.4, -0.2) is 86.7 Å². The fourth-order valence-electron chi connectivity index (χ4n) is 6.04. The second kappa shape index (κ2) is 12.6. The van der Waals surface area contributed by atoms with E-state index in [0.717, 1.165) is 34.1 Å². The molecule has 1 saturated heterocycles. The molecule has 1 atom stereocenters. The smallest absolute Gasteiger partial charge is 0.340 e. The van der Waals surface area contributed by atoms with Gasteiger partial charge in [-0.3, -0.25) is 19.1 Å². The van der Waals surface area contributed by atoms with Crippen molar-refractivity contribution < 1.29 is 27.2 Å². The molecule has 0 radical (unpaired) electrons. The molecule has 4 aromatic rings. The first-order chi connectivity index (χ1) is 22.1. The van der Waals surface area contributed by atoms with E-state index in [1.54, 1.807) is 42.2 Å². The Kier molecular flexibility index (Phi) is 8.87. The van der Waals surface area contributed by atoms with Crippen molar-refractivity contribution in [1.29, 1.82) is 5.26 Å². The van der Waals surface area contributed by atoms with Crippen LogP contribution in [-0.2, 0) is 18.0 Å². The van der Waals surface area contributed by atoms with Crippen LogP contribution in [0.15, 0.2) is 65.6 Å².